The molecule has 4 nitrogen and oxygen atoms in total. The first-order valence-corrected chi connectivity index (χ1v) is 7.78. The lowest BCUT2D eigenvalue weighted by Crippen LogP contribution is -2.49. The smallest absolute Gasteiger partial charge is 0.352 e. The normalized spacial score (nSPS) is 13.0. The summed E-state index contributed by atoms with van der Waals surface area (Å²) >= 11 is 6.20. The Morgan fingerprint density at radius 3 is 2.65 bits per heavy atom. The lowest BCUT2D eigenvalue weighted by Gasteiger charge is -2.37. The molecule has 6 heteroatoms. The van der Waals surface area contributed by atoms with E-state index in [2.05, 4.69) is 4.98 Å². The average molecular weight is 331 g/mol. The van der Waals surface area contributed by atoms with Crippen LogP contribution < -0.4 is 5.59 Å². The van der Waals surface area contributed by atoms with Crippen molar-refractivity contribution in [2.75, 3.05) is 0 Å². The third-order valence-corrected chi connectivity index (χ3v) is 4.63. The quantitative estimate of drug-likeness (QED) is 0.745. The average Bonchev–Trinajstić information content (AvgIpc) is 2.85. The molecule has 0 aliphatic carbocycles. The SMILES string of the molecule is CC(C)(O)C(C)(C)O[B]c1nccc2oc3c(Cl)cccc3c12. The Bertz CT molecular complexity index is 867. The fraction of sp³-hybridized carbons (Fsp3) is 0.353. The van der Waals surface area contributed by atoms with Crippen LogP contribution in [-0.2, 0) is 4.65 Å². The van der Waals surface area contributed by atoms with Crippen molar-refractivity contribution in [2.24, 2.45) is 0 Å². The van der Waals surface area contributed by atoms with Crippen molar-refractivity contribution in [1.29, 1.82) is 0 Å². The molecule has 0 spiro atoms. The number of benzene rings is 1. The summed E-state index contributed by atoms with van der Waals surface area (Å²) in [5.74, 6) is 0. The number of fused-ring (bicyclic) bond motifs is 3. The second kappa shape index (κ2) is 5.51. The number of hydrogen-bond acceptors (Lipinski definition) is 4. The molecule has 0 amide bonds. The molecule has 119 valence electrons. The number of furan rings is 1. The van der Waals surface area contributed by atoms with E-state index in [0.717, 1.165) is 10.8 Å². The summed E-state index contributed by atoms with van der Waals surface area (Å²) in [4.78, 5) is 4.38. The molecule has 0 saturated heterocycles. The molecule has 1 N–H and O–H groups in total. The minimum Gasteiger partial charge on any atom is -0.454 e. The van der Waals surface area contributed by atoms with E-state index in [1.165, 1.54) is 0 Å². The number of aromatic nitrogens is 1. The van der Waals surface area contributed by atoms with Crippen LogP contribution in [-0.4, -0.2) is 28.8 Å². The molecule has 0 atom stereocenters. The number of halogens is 1. The van der Waals surface area contributed by atoms with Crippen LogP contribution in [0, 0.1) is 0 Å². The number of rotatable bonds is 4. The van der Waals surface area contributed by atoms with Gasteiger partial charge in [0.25, 0.3) is 0 Å². The summed E-state index contributed by atoms with van der Waals surface area (Å²) in [6.45, 7) is 7.08. The molecule has 1 radical (unpaired) electrons. The summed E-state index contributed by atoms with van der Waals surface area (Å²) in [5.41, 5.74) is 0.195. The second-order valence-electron chi connectivity index (χ2n) is 6.59. The minimum absolute atomic E-state index is 0.558. The van der Waals surface area contributed by atoms with Crippen LogP contribution in [0.25, 0.3) is 21.9 Å². The van der Waals surface area contributed by atoms with E-state index in [1.807, 2.05) is 26.0 Å². The van der Waals surface area contributed by atoms with Crippen molar-refractivity contribution < 1.29 is 14.2 Å². The van der Waals surface area contributed by atoms with Gasteiger partial charge in [-0.15, -0.1) is 0 Å². The Kier molecular flexibility index (Phi) is 3.91. The van der Waals surface area contributed by atoms with E-state index < -0.39 is 11.2 Å². The molecule has 0 bridgehead atoms. The van der Waals surface area contributed by atoms with Crippen LogP contribution in [0.2, 0.25) is 5.02 Å². The molecule has 23 heavy (non-hydrogen) atoms. The largest absolute Gasteiger partial charge is 0.454 e. The molecule has 1 aromatic carbocycles. The fourth-order valence-electron chi connectivity index (χ4n) is 2.17. The van der Waals surface area contributed by atoms with Gasteiger partial charge in [0, 0.05) is 22.6 Å². The highest BCUT2D eigenvalue weighted by atomic mass is 35.5. The van der Waals surface area contributed by atoms with Crippen LogP contribution in [0.15, 0.2) is 34.9 Å². The molecule has 3 aromatic rings. The van der Waals surface area contributed by atoms with Gasteiger partial charge in [-0.25, -0.2) is 0 Å². The van der Waals surface area contributed by atoms with Crippen molar-refractivity contribution in [3.8, 4) is 0 Å². The van der Waals surface area contributed by atoms with Crippen LogP contribution in [0.3, 0.4) is 0 Å². The molecule has 0 aliphatic rings. The fourth-order valence-corrected chi connectivity index (χ4v) is 2.38. The van der Waals surface area contributed by atoms with Gasteiger partial charge in [0.05, 0.1) is 16.2 Å². The molecule has 3 rings (SSSR count). The van der Waals surface area contributed by atoms with E-state index >= 15 is 0 Å². The molecule has 0 unspecified atom stereocenters. The number of hydrogen-bond donors (Lipinski definition) is 1. The minimum atomic E-state index is -1.00. The highest BCUT2D eigenvalue weighted by Crippen LogP contribution is 2.32. The Morgan fingerprint density at radius 1 is 1.22 bits per heavy atom. The lowest BCUT2D eigenvalue weighted by atomic mass is 9.84. The van der Waals surface area contributed by atoms with Gasteiger partial charge in [0.15, 0.2) is 5.58 Å². The van der Waals surface area contributed by atoms with Crippen LogP contribution in [0.5, 0.6) is 0 Å². The zero-order valence-corrected chi connectivity index (χ0v) is 14.3. The van der Waals surface area contributed by atoms with Crippen molar-refractivity contribution in [2.45, 2.75) is 38.9 Å². The number of para-hydroxylation sites is 1. The van der Waals surface area contributed by atoms with E-state index in [4.69, 9.17) is 20.7 Å². The van der Waals surface area contributed by atoms with Crippen LogP contribution in [0.1, 0.15) is 27.7 Å². The van der Waals surface area contributed by atoms with Gasteiger partial charge in [-0.1, -0.05) is 23.7 Å². The van der Waals surface area contributed by atoms with Gasteiger partial charge in [0.2, 0.25) is 0 Å². The molecule has 2 heterocycles. The van der Waals surface area contributed by atoms with Crippen molar-refractivity contribution in [1.82, 2.24) is 4.98 Å². The van der Waals surface area contributed by atoms with Crippen molar-refractivity contribution in [3.63, 3.8) is 0 Å². The molecule has 0 aliphatic heterocycles. The maximum absolute atomic E-state index is 10.2. The Hall–Kier alpha value is -1.56. The maximum atomic E-state index is 10.2. The van der Waals surface area contributed by atoms with E-state index in [0.29, 0.717) is 21.8 Å². The molecule has 2 aromatic heterocycles. The van der Waals surface area contributed by atoms with Crippen molar-refractivity contribution >= 4 is 46.6 Å². The first-order valence-electron chi connectivity index (χ1n) is 7.40. The van der Waals surface area contributed by atoms with Crippen LogP contribution >= 0.6 is 11.6 Å². The molecule has 0 saturated carbocycles. The highest BCUT2D eigenvalue weighted by Gasteiger charge is 2.36. The molecule has 0 fully saturated rings. The lowest BCUT2D eigenvalue weighted by molar-refractivity contribution is -0.0893. The summed E-state index contributed by atoms with van der Waals surface area (Å²) in [5, 5.41) is 12.5. The third kappa shape index (κ3) is 2.85. The zero-order valence-electron chi connectivity index (χ0n) is 13.6. The second-order valence-corrected chi connectivity index (χ2v) is 7.00. The predicted molar refractivity (Wildman–Crippen MR) is 93.4 cm³/mol. The zero-order chi connectivity index (χ0) is 16.8. The number of aliphatic hydroxyl groups is 1. The van der Waals surface area contributed by atoms with Gasteiger partial charge < -0.3 is 14.2 Å². The molecular formula is C17H18BClNO3. The van der Waals surface area contributed by atoms with E-state index in [-0.39, 0.29) is 0 Å². The van der Waals surface area contributed by atoms with Gasteiger partial charge in [-0.05, 0) is 39.8 Å². The monoisotopic (exact) mass is 330 g/mol. The maximum Gasteiger partial charge on any atom is 0.352 e. The van der Waals surface area contributed by atoms with E-state index in [9.17, 15) is 5.11 Å². The Balaban J connectivity index is 2.05. The Labute approximate surface area is 140 Å². The standard InChI is InChI=1S/C17H18BClNO3/c1-16(2,21)17(3,4)23-18-15-13-10-6-5-7-11(19)14(10)22-12(13)8-9-20-15/h5-9,21H,1-4H3. The predicted octanol–water partition coefficient (Wildman–Crippen LogP) is 3.45. The van der Waals surface area contributed by atoms with Gasteiger partial charge in [0.1, 0.15) is 5.58 Å². The summed E-state index contributed by atoms with van der Waals surface area (Å²) < 4.78 is 11.7. The summed E-state index contributed by atoms with van der Waals surface area (Å²) in [6.07, 6.45) is 1.66. The highest BCUT2D eigenvalue weighted by molar-refractivity contribution is 6.51. The Morgan fingerprint density at radius 2 is 1.96 bits per heavy atom. The molecular weight excluding hydrogens is 312 g/mol. The number of pyridine rings is 1. The van der Waals surface area contributed by atoms with Gasteiger partial charge in [-0.2, -0.15) is 0 Å². The van der Waals surface area contributed by atoms with Crippen LogP contribution in [0.4, 0.5) is 0 Å². The third-order valence-electron chi connectivity index (χ3n) is 4.33. The topological polar surface area (TPSA) is 55.5 Å². The first-order chi connectivity index (χ1) is 10.7. The summed E-state index contributed by atoms with van der Waals surface area (Å²) in [7, 11) is 1.57. The number of nitrogens with zero attached hydrogens (tertiary/aromatic N) is 1. The first kappa shape index (κ1) is 16.3. The van der Waals surface area contributed by atoms with Gasteiger partial charge in [-0.3, -0.25) is 4.98 Å². The van der Waals surface area contributed by atoms with Gasteiger partial charge >= 0.3 is 7.48 Å². The van der Waals surface area contributed by atoms with Crippen molar-refractivity contribution in [3.05, 3.63) is 35.5 Å². The van der Waals surface area contributed by atoms with E-state index in [1.54, 1.807) is 39.7 Å². The summed E-state index contributed by atoms with van der Waals surface area (Å²) in [6, 6.07) is 7.40.